The molecule has 1 aliphatic heterocycles. The lowest BCUT2D eigenvalue weighted by Gasteiger charge is -2.14. The average Bonchev–Trinajstić information content (AvgIpc) is 3.26. The second-order valence-corrected chi connectivity index (χ2v) is 6.59. The summed E-state index contributed by atoms with van der Waals surface area (Å²) < 4.78 is 13.1. The summed E-state index contributed by atoms with van der Waals surface area (Å²) in [5.74, 6) is 0.209. The zero-order chi connectivity index (χ0) is 16.7. The fourth-order valence-corrected chi connectivity index (χ4v) is 3.72. The molecular formula is C17H19ClN4O2. The van der Waals surface area contributed by atoms with Gasteiger partial charge < -0.3 is 9.15 Å². The van der Waals surface area contributed by atoms with Crippen LogP contribution in [0.1, 0.15) is 17.2 Å². The Morgan fingerprint density at radius 3 is 2.92 bits per heavy atom. The average molecular weight is 347 g/mol. The Bertz CT molecular complexity index is 859. The summed E-state index contributed by atoms with van der Waals surface area (Å²) in [6.07, 6.45) is 2.05. The molecule has 0 N–H and O–H groups in total. The number of fused-ring (bicyclic) bond motifs is 1. The van der Waals surface area contributed by atoms with Crippen molar-refractivity contribution in [2.75, 3.05) is 20.2 Å². The molecule has 1 fully saturated rings. The van der Waals surface area contributed by atoms with Crippen LogP contribution in [-0.4, -0.2) is 46.2 Å². The fourth-order valence-electron chi connectivity index (χ4n) is 3.48. The SMILES string of the molecule is CO[C@@H]1CN(Cc2c(Cl)oc3ccccc23)C[C@H]1c1cn(C)nn1. The van der Waals surface area contributed by atoms with Gasteiger partial charge in [-0.05, 0) is 17.7 Å². The van der Waals surface area contributed by atoms with E-state index in [1.807, 2.05) is 37.5 Å². The first-order valence-corrected chi connectivity index (χ1v) is 8.30. The minimum absolute atomic E-state index is 0.0960. The van der Waals surface area contributed by atoms with Gasteiger partial charge in [0, 0.05) is 56.9 Å². The van der Waals surface area contributed by atoms with Crippen LogP contribution in [0.15, 0.2) is 34.9 Å². The standard InChI is InChI=1S/C17H19ClN4O2/c1-21-9-14(19-20-21)13-8-22(10-16(13)23-2)7-12-11-5-3-4-6-15(11)24-17(12)18/h3-6,9,13,16H,7-8,10H2,1-2H3/t13-,16+/m0/s1. The van der Waals surface area contributed by atoms with Gasteiger partial charge in [0.05, 0.1) is 11.8 Å². The van der Waals surface area contributed by atoms with Gasteiger partial charge in [-0.25, -0.2) is 0 Å². The van der Waals surface area contributed by atoms with Crippen LogP contribution in [0.5, 0.6) is 0 Å². The highest BCUT2D eigenvalue weighted by atomic mass is 35.5. The maximum Gasteiger partial charge on any atom is 0.199 e. The van der Waals surface area contributed by atoms with E-state index in [0.717, 1.165) is 41.9 Å². The van der Waals surface area contributed by atoms with Crippen LogP contribution >= 0.6 is 11.6 Å². The topological polar surface area (TPSA) is 56.3 Å². The second-order valence-electron chi connectivity index (χ2n) is 6.24. The van der Waals surface area contributed by atoms with E-state index in [2.05, 4.69) is 15.2 Å². The van der Waals surface area contributed by atoms with Gasteiger partial charge in [-0.15, -0.1) is 5.10 Å². The van der Waals surface area contributed by atoms with Crippen molar-refractivity contribution in [3.8, 4) is 0 Å². The maximum absolute atomic E-state index is 6.32. The van der Waals surface area contributed by atoms with E-state index in [1.165, 1.54) is 0 Å². The lowest BCUT2D eigenvalue weighted by atomic mass is 10.0. The molecule has 6 nitrogen and oxygen atoms in total. The monoisotopic (exact) mass is 346 g/mol. The molecule has 126 valence electrons. The molecule has 0 unspecified atom stereocenters. The molecule has 24 heavy (non-hydrogen) atoms. The molecule has 2 aromatic heterocycles. The van der Waals surface area contributed by atoms with Crippen LogP contribution in [0.4, 0.5) is 0 Å². The molecule has 0 spiro atoms. The first kappa shape index (κ1) is 15.6. The number of likely N-dealkylation sites (tertiary alicyclic amines) is 1. The highest BCUT2D eigenvalue weighted by molar-refractivity contribution is 6.30. The summed E-state index contributed by atoms with van der Waals surface area (Å²) in [5.41, 5.74) is 2.82. The smallest absolute Gasteiger partial charge is 0.199 e. The molecule has 0 radical (unpaired) electrons. The van der Waals surface area contributed by atoms with E-state index >= 15 is 0 Å². The fraction of sp³-hybridized carbons (Fsp3) is 0.412. The molecule has 3 aromatic rings. The third-order valence-corrected chi connectivity index (χ3v) is 4.98. The van der Waals surface area contributed by atoms with E-state index in [-0.39, 0.29) is 12.0 Å². The van der Waals surface area contributed by atoms with Crippen molar-refractivity contribution in [3.05, 3.63) is 46.9 Å². The van der Waals surface area contributed by atoms with Crippen molar-refractivity contribution in [3.63, 3.8) is 0 Å². The van der Waals surface area contributed by atoms with Gasteiger partial charge in [-0.2, -0.15) is 0 Å². The normalized spacial score (nSPS) is 21.8. The number of aryl methyl sites for hydroxylation is 1. The van der Waals surface area contributed by atoms with Gasteiger partial charge in [0.1, 0.15) is 5.58 Å². The largest absolute Gasteiger partial charge is 0.444 e. The number of methoxy groups -OCH3 is 1. The quantitative estimate of drug-likeness (QED) is 0.727. The zero-order valence-electron chi connectivity index (χ0n) is 13.6. The van der Waals surface area contributed by atoms with E-state index in [0.29, 0.717) is 5.22 Å². The lowest BCUT2D eigenvalue weighted by molar-refractivity contribution is 0.0957. The van der Waals surface area contributed by atoms with Gasteiger partial charge in [0.25, 0.3) is 0 Å². The first-order valence-electron chi connectivity index (χ1n) is 7.93. The minimum atomic E-state index is 0.0960. The van der Waals surface area contributed by atoms with Crippen molar-refractivity contribution in [1.29, 1.82) is 0 Å². The van der Waals surface area contributed by atoms with Crippen LogP contribution in [-0.2, 0) is 18.3 Å². The minimum Gasteiger partial charge on any atom is -0.444 e. The van der Waals surface area contributed by atoms with E-state index in [9.17, 15) is 0 Å². The molecule has 1 aromatic carbocycles. The van der Waals surface area contributed by atoms with Crippen molar-refractivity contribution in [1.82, 2.24) is 19.9 Å². The Hall–Kier alpha value is -1.89. The van der Waals surface area contributed by atoms with Gasteiger partial charge in [0.2, 0.25) is 0 Å². The van der Waals surface area contributed by atoms with E-state index in [1.54, 1.807) is 11.8 Å². The summed E-state index contributed by atoms with van der Waals surface area (Å²) >= 11 is 6.32. The molecule has 7 heteroatoms. The molecule has 0 amide bonds. The number of ether oxygens (including phenoxy) is 1. The molecule has 2 atom stereocenters. The van der Waals surface area contributed by atoms with Crippen LogP contribution < -0.4 is 0 Å². The summed E-state index contributed by atoms with van der Waals surface area (Å²) in [5, 5.41) is 9.83. The number of nitrogens with zero attached hydrogens (tertiary/aromatic N) is 4. The number of hydrogen-bond acceptors (Lipinski definition) is 5. The number of hydrogen-bond donors (Lipinski definition) is 0. The van der Waals surface area contributed by atoms with Crippen LogP contribution in [0.3, 0.4) is 0 Å². The summed E-state index contributed by atoms with van der Waals surface area (Å²) in [6.45, 7) is 2.41. The Morgan fingerprint density at radius 2 is 2.17 bits per heavy atom. The van der Waals surface area contributed by atoms with Crippen LogP contribution in [0, 0.1) is 0 Å². The molecule has 4 rings (SSSR count). The highest BCUT2D eigenvalue weighted by Gasteiger charge is 2.36. The predicted octanol–water partition coefficient (Wildman–Crippen LogP) is 2.83. The maximum atomic E-state index is 6.32. The number of para-hydroxylation sites is 1. The van der Waals surface area contributed by atoms with Gasteiger partial charge in [-0.1, -0.05) is 23.4 Å². The third-order valence-electron chi connectivity index (χ3n) is 4.68. The molecule has 0 saturated carbocycles. The van der Waals surface area contributed by atoms with Gasteiger partial charge >= 0.3 is 0 Å². The Labute approximate surface area is 144 Å². The zero-order valence-corrected chi connectivity index (χ0v) is 14.4. The number of benzene rings is 1. The van der Waals surface area contributed by atoms with Crippen molar-refractivity contribution >= 4 is 22.6 Å². The Morgan fingerprint density at radius 1 is 1.33 bits per heavy atom. The number of rotatable bonds is 4. The third kappa shape index (κ3) is 2.70. The number of aromatic nitrogens is 3. The van der Waals surface area contributed by atoms with Crippen LogP contribution in [0.2, 0.25) is 5.22 Å². The number of furan rings is 1. The predicted molar refractivity (Wildman–Crippen MR) is 91.0 cm³/mol. The van der Waals surface area contributed by atoms with Gasteiger partial charge in [0.15, 0.2) is 5.22 Å². The van der Waals surface area contributed by atoms with E-state index in [4.69, 9.17) is 20.8 Å². The lowest BCUT2D eigenvalue weighted by Crippen LogP contribution is -2.22. The molecule has 3 heterocycles. The highest BCUT2D eigenvalue weighted by Crippen LogP contribution is 2.34. The summed E-state index contributed by atoms with van der Waals surface area (Å²) in [7, 11) is 3.63. The summed E-state index contributed by atoms with van der Waals surface area (Å²) in [6, 6.07) is 7.94. The summed E-state index contributed by atoms with van der Waals surface area (Å²) in [4.78, 5) is 2.33. The molecule has 0 aliphatic carbocycles. The number of halogens is 1. The van der Waals surface area contributed by atoms with E-state index < -0.39 is 0 Å². The molecule has 1 saturated heterocycles. The van der Waals surface area contributed by atoms with Gasteiger partial charge in [-0.3, -0.25) is 9.58 Å². The Kier molecular flexibility index (Phi) is 4.04. The first-order chi connectivity index (χ1) is 11.7. The second kappa shape index (κ2) is 6.20. The van der Waals surface area contributed by atoms with Crippen molar-refractivity contribution in [2.45, 2.75) is 18.6 Å². The molecule has 0 bridgehead atoms. The van der Waals surface area contributed by atoms with Crippen molar-refractivity contribution < 1.29 is 9.15 Å². The van der Waals surface area contributed by atoms with Crippen molar-refractivity contribution in [2.24, 2.45) is 7.05 Å². The molecule has 1 aliphatic rings. The van der Waals surface area contributed by atoms with Crippen LogP contribution in [0.25, 0.3) is 11.0 Å². The Balaban J connectivity index is 1.58. The molecular weight excluding hydrogens is 328 g/mol.